The molecular weight excluding hydrogens is 336 g/mol. The summed E-state index contributed by atoms with van der Waals surface area (Å²) in [6.45, 7) is 1.98. The van der Waals surface area contributed by atoms with E-state index in [9.17, 15) is 0 Å². The summed E-state index contributed by atoms with van der Waals surface area (Å²) in [5.74, 6) is 0.745. The lowest BCUT2D eigenvalue weighted by Crippen LogP contribution is -2.09. The first-order valence-corrected chi connectivity index (χ1v) is 6.81. The van der Waals surface area contributed by atoms with E-state index in [2.05, 4.69) is 46.3 Å². The van der Waals surface area contributed by atoms with Crippen molar-refractivity contribution in [3.63, 3.8) is 0 Å². The highest BCUT2D eigenvalue weighted by atomic mass is 79.9. The maximum atomic E-state index is 5.71. The van der Waals surface area contributed by atoms with Gasteiger partial charge in [-0.15, -0.1) is 0 Å². The molecule has 3 aromatic rings. The van der Waals surface area contributed by atoms with E-state index in [1.54, 1.807) is 0 Å². The Morgan fingerprint density at radius 3 is 2.86 bits per heavy atom. The Labute approximate surface area is 128 Å². The summed E-state index contributed by atoms with van der Waals surface area (Å²) < 4.78 is 2.37. The summed E-state index contributed by atoms with van der Waals surface area (Å²) in [4.78, 5) is 16.2. The van der Waals surface area contributed by atoms with Crippen molar-refractivity contribution in [3.05, 3.63) is 40.9 Å². The zero-order chi connectivity index (χ0) is 14.8. The van der Waals surface area contributed by atoms with Gasteiger partial charge in [-0.2, -0.15) is 24.7 Å². The predicted octanol–water partition coefficient (Wildman–Crippen LogP) is 1.85. The predicted molar refractivity (Wildman–Crippen MR) is 81.3 cm³/mol. The summed E-state index contributed by atoms with van der Waals surface area (Å²) >= 11 is 3.43. The van der Waals surface area contributed by atoms with Crippen molar-refractivity contribution < 1.29 is 0 Å². The monoisotopic (exact) mass is 346 g/mol. The molecular formula is C12H11BrN8. The van der Waals surface area contributed by atoms with Crippen LogP contribution in [0.1, 0.15) is 5.56 Å². The van der Waals surface area contributed by atoms with Crippen LogP contribution in [0.25, 0.3) is 5.95 Å². The molecule has 3 N–H and O–H groups in total. The van der Waals surface area contributed by atoms with Gasteiger partial charge in [0.25, 0.3) is 5.95 Å². The van der Waals surface area contributed by atoms with Crippen LogP contribution in [0.3, 0.4) is 0 Å². The summed E-state index contributed by atoms with van der Waals surface area (Å²) in [6, 6.07) is 5.88. The van der Waals surface area contributed by atoms with Gasteiger partial charge in [-0.3, -0.25) is 0 Å². The molecule has 0 aliphatic rings. The lowest BCUT2D eigenvalue weighted by molar-refractivity contribution is 0.800. The first kappa shape index (κ1) is 13.4. The number of aryl methyl sites for hydroxylation is 1. The molecule has 0 aliphatic heterocycles. The van der Waals surface area contributed by atoms with Crippen LogP contribution < -0.4 is 11.1 Å². The first-order chi connectivity index (χ1) is 10.1. The smallest absolute Gasteiger partial charge is 0.258 e. The number of rotatable bonds is 3. The molecule has 9 heteroatoms. The third-order valence-electron chi connectivity index (χ3n) is 2.71. The minimum absolute atomic E-state index is 0.102. The number of hydrogen-bond donors (Lipinski definition) is 2. The number of nitrogen functional groups attached to an aromatic ring is 1. The van der Waals surface area contributed by atoms with Crippen molar-refractivity contribution in [1.82, 2.24) is 29.7 Å². The van der Waals surface area contributed by atoms with Crippen molar-refractivity contribution in [2.45, 2.75) is 6.92 Å². The molecule has 0 bridgehead atoms. The van der Waals surface area contributed by atoms with Crippen molar-refractivity contribution in [3.8, 4) is 5.95 Å². The van der Waals surface area contributed by atoms with Crippen LogP contribution >= 0.6 is 15.9 Å². The maximum absolute atomic E-state index is 5.71. The minimum Gasteiger partial charge on any atom is -0.368 e. The fourth-order valence-electron chi connectivity index (χ4n) is 1.70. The molecule has 2 heterocycles. The fraction of sp³-hybridized carbons (Fsp3) is 0.0833. The van der Waals surface area contributed by atoms with E-state index in [1.807, 2.05) is 25.1 Å². The normalized spacial score (nSPS) is 10.6. The van der Waals surface area contributed by atoms with Gasteiger partial charge in [-0.05, 0) is 24.6 Å². The van der Waals surface area contributed by atoms with Gasteiger partial charge in [-0.25, -0.2) is 4.98 Å². The summed E-state index contributed by atoms with van der Waals surface area (Å²) in [5, 5.41) is 7.09. The van der Waals surface area contributed by atoms with E-state index in [1.165, 1.54) is 17.3 Å². The SMILES string of the molecule is Cc1ccc(Br)cc1Nc1nc(N)nc(-n2cncn2)n1. The van der Waals surface area contributed by atoms with Gasteiger partial charge in [0.05, 0.1) is 0 Å². The molecule has 0 unspecified atom stereocenters. The lowest BCUT2D eigenvalue weighted by atomic mass is 10.2. The van der Waals surface area contributed by atoms with E-state index >= 15 is 0 Å². The van der Waals surface area contributed by atoms with Gasteiger partial charge in [0.2, 0.25) is 11.9 Å². The van der Waals surface area contributed by atoms with Crippen molar-refractivity contribution in [2.75, 3.05) is 11.1 Å². The van der Waals surface area contributed by atoms with Crippen LogP contribution in [0, 0.1) is 6.92 Å². The van der Waals surface area contributed by atoms with Crippen molar-refractivity contribution in [2.24, 2.45) is 0 Å². The first-order valence-electron chi connectivity index (χ1n) is 6.01. The number of nitrogens with two attached hydrogens (primary N) is 1. The Morgan fingerprint density at radius 2 is 2.10 bits per heavy atom. The molecule has 0 radical (unpaired) electrons. The van der Waals surface area contributed by atoms with Gasteiger partial charge in [0.1, 0.15) is 12.7 Å². The molecule has 1 aromatic carbocycles. The van der Waals surface area contributed by atoms with Crippen molar-refractivity contribution in [1.29, 1.82) is 0 Å². The third kappa shape index (κ3) is 2.97. The quantitative estimate of drug-likeness (QED) is 0.744. The number of hydrogen-bond acceptors (Lipinski definition) is 7. The molecule has 3 rings (SSSR count). The van der Waals surface area contributed by atoms with E-state index in [4.69, 9.17) is 5.73 Å². The van der Waals surface area contributed by atoms with Crippen LogP contribution in [0.2, 0.25) is 0 Å². The molecule has 8 nitrogen and oxygen atoms in total. The van der Waals surface area contributed by atoms with Gasteiger partial charge < -0.3 is 11.1 Å². The molecule has 0 saturated carbocycles. The Balaban J connectivity index is 1.97. The number of anilines is 3. The highest BCUT2D eigenvalue weighted by molar-refractivity contribution is 9.10. The fourth-order valence-corrected chi connectivity index (χ4v) is 2.06. The third-order valence-corrected chi connectivity index (χ3v) is 3.20. The van der Waals surface area contributed by atoms with E-state index in [0.29, 0.717) is 11.9 Å². The minimum atomic E-state index is 0.102. The summed E-state index contributed by atoms with van der Waals surface area (Å²) in [7, 11) is 0. The molecule has 21 heavy (non-hydrogen) atoms. The van der Waals surface area contributed by atoms with Crippen LogP contribution in [0.15, 0.2) is 35.3 Å². The number of benzene rings is 1. The second-order valence-corrected chi connectivity index (χ2v) is 5.16. The molecule has 106 valence electrons. The number of aromatic nitrogens is 6. The molecule has 0 amide bonds. The van der Waals surface area contributed by atoms with Gasteiger partial charge in [0, 0.05) is 10.2 Å². The standard InChI is InChI=1S/C12H11BrN8/c1-7-2-3-8(13)4-9(7)17-11-18-10(14)19-12(20-11)21-6-15-5-16-21/h2-6H,1H3,(H3,14,17,18,19,20). The van der Waals surface area contributed by atoms with E-state index in [-0.39, 0.29) is 5.95 Å². The number of halogens is 1. The largest absolute Gasteiger partial charge is 0.368 e. The Morgan fingerprint density at radius 1 is 1.24 bits per heavy atom. The highest BCUT2D eigenvalue weighted by Crippen LogP contribution is 2.23. The second-order valence-electron chi connectivity index (χ2n) is 4.24. The van der Waals surface area contributed by atoms with Crippen LogP contribution in [-0.4, -0.2) is 29.7 Å². The second kappa shape index (κ2) is 5.44. The number of nitrogens with zero attached hydrogens (tertiary/aromatic N) is 6. The average molecular weight is 347 g/mol. The molecule has 0 atom stereocenters. The Hall–Kier alpha value is -2.55. The molecule has 2 aromatic heterocycles. The summed E-state index contributed by atoms with van der Waals surface area (Å²) in [5.41, 5.74) is 7.64. The molecule has 0 spiro atoms. The summed E-state index contributed by atoms with van der Waals surface area (Å²) in [6.07, 6.45) is 2.88. The highest BCUT2D eigenvalue weighted by Gasteiger charge is 2.08. The van der Waals surface area contributed by atoms with Crippen LogP contribution in [0.5, 0.6) is 0 Å². The average Bonchev–Trinajstić information content (AvgIpc) is 2.96. The van der Waals surface area contributed by atoms with Crippen LogP contribution in [-0.2, 0) is 0 Å². The Kier molecular flexibility index (Phi) is 3.48. The number of nitrogens with one attached hydrogen (secondary N) is 1. The Bertz CT molecular complexity index is 771. The van der Waals surface area contributed by atoms with Crippen molar-refractivity contribution >= 4 is 33.5 Å². The zero-order valence-corrected chi connectivity index (χ0v) is 12.6. The van der Waals surface area contributed by atoms with E-state index < -0.39 is 0 Å². The maximum Gasteiger partial charge on any atom is 0.258 e. The van der Waals surface area contributed by atoms with Gasteiger partial charge in [-0.1, -0.05) is 22.0 Å². The molecule has 0 aliphatic carbocycles. The van der Waals surface area contributed by atoms with Crippen LogP contribution in [0.4, 0.5) is 17.6 Å². The molecule has 0 saturated heterocycles. The zero-order valence-electron chi connectivity index (χ0n) is 11.0. The van der Waals surface area contributed by atoms with Gasteiger partial charge in [0.15, 0.2) is 0 Å². The van der Waals surface area contributed by atoms with E-state index in [0.717, 1.165) is 15.7 Å². The topological polar surface area (TPSA) is 107 Å². The lowest BCUT2D eigenvalue weighted by Gasteiger charge is -2.09. The van der Waals surface area contributed by atoms with Gasteiger partial charge >= 0.3 is 0 Å². The molecule has 0 fully saturated rings.